The topological polar surface area (TPSA) is 81.9 Å². The van der Waals surface area contributed by atoms with E-state index in [2.05, 4.69) is 34.6 Å². The largest absolute Gasteiger partial charge is 0.482 e. The van der Waals surface area contributed by atoms with Crippen molar-refractivity contribution in [3.05, 3.63) is 82.6 Å². The summed E-state index contributed by atoms with van der Waals surface area (Å²) in [6, 6.07) is 19.6. The monoisotopic (exact) mass is 577 g/mol. The van der Waals surface area contributed by atoms with E-state index in [9.17, 15) is 4.79 Å². The molecule has 0 radical (unpaired) electrons. The van der Waals surface area contributed by atoms with Gasteiger partial charge in [0.25, 0.3) is 0 Å². The molecular formula is C29H28ClN5O2S2. The number of rotatable bonds is 9. The number of ether oxygens (including phenoxy) is 1. The number of carbonyl (C=O) groups is 1. The van der Waals surface area contributed by atoms with Crippen LogP contribution >= 0.6 is 34.7 Å². The van der Waals surface area contributed by atoms with Crippen LogP contribution in [0.3, 0.4) is 0 Å². The van der Waals surface area contributed by atoms with Gasteiger partial charge in [-0.05, 0) is 93.4 Å². The summed E-state index contributed by atoms with van der Waals surface area (Å²) in [6.45, 7) is 8.65. The van der Waals surface area contributed by atoms with E-state index >= 15 is 0 Å². The first-order chi connectivity index (χ1) is 18.8. The summed E-state index contributed by atoms with van der Waals surface area (Å²) in [5.74, 6) is 1.55. The molecule has 5 rings (SSSR count). The molecule has 0 saturated heterocycles. The second kappa shape index (κ2) is 11.8. The van der Waals surface area contributed by atoms with Crippen molar-refractivity contribution in [2.45, 2.75) is 45.5 Å². The number of thiazole rings is 1. The van der Waals surface area contributed by atoms with Gasteiger partial charge in [-0.1, -0.05) is 29.4 Å². The summed E-state index contributed by atoms with van der Waals surface area (Å²) < 4.78 is 9.28. The number of hydrogen-bond acceptors (Lipinski definition) is 7. The van der Waals surface area contributed by atoms with Gasteiger partial charge in [-0.25, -0.2) is 4.98 Å². The Morgan fingerprint density at radius 3 is 2.64 bits per heavy atom. The fourth-order valence-electron chi connectivity index (χ4n) is 4.17. The number of carbonyl (C=O) groups excluding carboxylic acids is 1. The number of amides is 1. The van der Waals surface area contributed by atoms with Gasteiger partial charge in [0.1, 0.15) is 10.8 Å². The Hall–Kier alpha value is -3.40. The fraction of sp³-hybridized carbons (Fsp3) is 0.241. The zero-order valence-corrected chi connectivity index (χ0v) is 24.5. The summed E-state index contributed by atoms with van der Waals surface area (Å²) in [4.78, 5) is 17.4. The van der Waals surface area contributed by atoms with Gasteiger partial charge in [0.2, 0.25) is 5.91 Å². The lowest BCUT2D eigenvalue weighted by Crippen LogP contribution is -2.15. The maximum atomic E-state index is 12.7. The van der Waals surface area contributed by atoms with Crippen molar-refractivity contribution in [3.8, 4) is 16.3 Å². The average Bonchev–Trinajstić information content (AvgIpc) is 3.53. The zero-order chi connectivity index (χ0) is 27.5. The molecule has 0 spiro atoms. The van der Waals surface area contributed by atoms with Crippen molar-refractivity contribution in [2.75, 3.05) is 11.1 Å². The third-order valence-electron chi connectivity index (χ3n) is 6.16. The number of nitrogens with zero attached hydrogens (tertiary/aromatic N) is 4. The molecule has 5 aromatic rings. The SMILES string of the molecule is CCn1c(SCC(=O)Nc2ccc(-c3nc4ccc(C)cc4s3)cc2)nnc1C(C)Oc1ccc(Cl)cc1C. The third-order valence-corrected chi connectivity index (χ3v) is 8.43. The molecule has 0 fully saturated rings. The lowest BCUT2D eigenvalue weighted by Gasteiger charge is -2.17. The van der Waals surface area contributed by atoms with E-state index in [0.29, 0.717) is 22.5 Å². The average molecular weight is 578 g/mol. The van der Waals surface area contributed by atoms with Crippen molar-refractivity contribution in [1.82, 2.24) is 19.7 Å². The molecule has 7 nitrogen and oxygen atoms in total. The fourth-order valence-corrected chi connectivity index (χ4v) is 6.28. The standard InChI is InChI=1S/C29H28ClN5O2S2/c1-5-35-27(19(4)37-24-13-9-21(30)15-18(24)3)33-34-29(35)38-16-26(36)31-22-10-7-20(8-11-22)28-32-23-12-6-17(2)14-25(23)39-28/h6-15,19H,5,16H2,1-4H3,(H,31,36). The second-order valence-corrected chi connectivity index (χ2v) is 11.6. The molecule has 1 amide bonds. The zero-order valence-electron chi connectivity index (χ0n) is 22.1. The van der Waals surface area contributed by atoms with Crippen LogP contribution in [-0.4, -0.2) is 31.4 Å². The molecule has 2 aromatic heterocycles. The van der Waals surface area contributed by atoms with Crippen LogP contribution < -0.4 is 10.1 Å². The smallest absolute Gasteiger partial charge is 0.234 e. The highest BCUT2D eigenvalue weighted by Gasteiger charge is 2.20. The summed E-state index contributed by atoms with van der Waals surface area (Å²) >= 11 is 9.08. The highest BCUT2D eigenvalue weighted by atomic mass is 35.5. The van der Waals surface area contributed by atoms with Gasteiger partial charge in [0.15, 0.2) is 17.1 Å². The van der Waals surface area contributed by atoms with Gasteiger partial charge in [-0.3, -0.25) is 4.79 Å². The summed E-state index contributed by atoms with van der Waals surface area (Å²) in [6.07, 6.45) is -0.321. The molecular weight excluding hydrogens is 550 g/mol. The van der Waals surface area contributed by atoms with Gasteiger partial charge < -0.3 is 14.6 Å². The first-order valence-electron chi connectivity index (χ1n) is 12.6. The van der Waals surface area contributed by atoms with Crippen LogP contribution in [0, 0.1) is 13.8 Å². The van der Waals surface area contributed by atoms with E-state index < -0.39 is 0 Å². The van der Waals surface area contributed by atoms with Crippen LogP contribution in [0.1, 0.15) is 36.9 Å². The van der Waals surface area contributed by atoms with Gasteiger partial charge in [0, 0.05) is 22.8 Å². The van der Waals surface area contributed by atoms with Gasteiger partial charge in [-0.15, -0.1) is 21.5 Å². The minimum absolute atomic E-state index is 0.114. The van der Waals surface area contributed by atoms with Crippen LogP contribution in [0.5, 0.6) is 5.75 Å². The predicted octanol–water partition coefficient (Wildman–Crippen LogP) is 7.72. The normalized spacial score (nSPS) is 12.0. The second-order valence-electron chi connectivity index (χ2n) is 9.16. The molecule has 39 heavy (non-hydrogen) atoms. The maximum Gasteiger partial charge on any atom is 0.234 e. The van der Waals surface area contributed by atoms with E-state index in [4.69, 9.17) is 21.3 Å². The van der Waals surface area contributed by atoms with Gasteiger partial charge >= 0.3 is 0 Å². The predicted molar refractivity (Wildman–Crippen MR) is 160 cm³/mol. The number of aromatic nitrogens is 4. The third kappa shape index (κ3) is 6.27. The number of hydrogen-bond donors (Lipinski definition) is 1. The Balaban J connectivity index is 1.19. The minimum Gasteiger partial charge on any atom is -0.482 e. The highest BCUT2D eigenvalue weighted by Crippen LogP contribution is 2.32. The number of halogens is 1. The lowest BCUT2D eigenvalue weighted by atomic mass is 10.2. The molecule has 0 saturated carbocycles. The Labute approximate surface area is 240 Å². The molecule has 1 unspecified atom stereocenters. The van der Waals surface area contributed by atoms with Crippen LogP contribution in [-0.2, 0) is 11.3 Å². The van der Waals surface area contributed by atoms with Gasteiger partial charge in [0.05, 0.1) is 16.0 Å². The molecule has 10 heteroatoms. The molecule has 0 bridgehead atoms. The number of thioether (sulfide) groups is 1. The van der Waals surface area contributed by atoms with Crippen molar-refractivity contribution >= 4 is 56.5 Å². The molecule has 2 heterocycles. The minimum atomic E-state index is -0.321. The first-order valence-corrected chi connectivity index (χ1v) is 14.7. The highest BCUT2D eigenvalue weighted by molar-refractivity contribution is 7.99. The van der Waals surface area contributed by atoms with E-state index in [1.807, 2.05) is 67.8 Å². The molecule has 200 valence electrons. The molecule has 0 aliphatic heterocycles. The summed E-state index contributed by atoms with van der Waals surface area (Å²) in [5.41, 5.74) is 4.93. The van der Waals surface area contributed by atoms with Crippen molar-refractivity contribution in [2.24, 2.45) is 0 Å². The maximum absolute atomic E-state index is 12.7. The summed E-state index contributed by atoms with van der Waals surface area (Å²) in [7, 11) is 0. The van der Waals surface area contributed by atoms with Crippen molar-refractivity contribution in [3.63, 3.8) is 0 Å². The lowest BCUT2D eigenvalue weighted by molar-refractivity contribution is -0.113. The molecule has 0 aliphatic rings. The van der Waals surface area contributed by atoms with Crippen molar-refractivity contribution in [1.29, 1.82) is 0 Å². The molecule has 0 aliphatic carbocycles. The molecule has 1 N–H and O–H groups in total. The van der Waals surface area contributed by atoms with Crippen molar-refractivity contribution < 1.29 is 9.53 Å². The number of nitrogens with one attached hydrogen (secondary N) is 1. The Morgan fingerprint density at radius 2 is 1.90 bits per heavy atom. The van der Waals surface area contributed by atoms with Crippen LogP contribution in [0.4, 0.5) is 5.69 Å². The van der Waals surface area contributed by atoms with E-state index in [1.165, 1.54) is 22.0 Å². The quantitative estimate of drug-likeness (QED) is 0.181. The van der Waals surface area contributed by atoms with Crippen LogP contribution in [0.25, 0.3) is 20.8 Å². The Bertz CT molecular complexity index is 1630. The van der Waals surface area contributed by atoms with E-state index in [0.717, 1.165) is 33.1 Å². The first kappa shape index (κ1) is 27.2. The number of aryl methyl sites for hydroxylation is 2. The van der Waals surface area contributed by atoms with E-state index in [-0.39, 0.29) is 17.8 Å². The van der Waals surface area contributed by atoms with Crippen LogP contribution in [0.2, 0.25) is 5.02 Å². The van der Waals surface area contributed by atoms with Crippen LogP contribution in [0.15, 0.2) is 65.8 Å². The van der Waals surface area contributed by atoms with E-state index in [1.54, 1.807) is 17.4 Å². The summed E-state index contributed by atoms with van der Waals surface area (Å²) in [5, 5.41) is 13.9. The number of benzene rings is 3. The Morgan fingerprint density at radius 1 is 1.10 bits per heavy atom. The van der Waals surface area contributed by atoms with Gasteiger partial charge in [-0.2, -0.15) is 0 Å². The molecule has 3 aromatic carbocycles. The molecule has 1 atom stereocenters. The Kier molecular flexibility index (Phi) is 8.20. The number of fused-ring (bicyclic) bond motifs is 1. The number of anilines is 1.